The van der Waals surface area contributed by atoms with Crippen molar-refractivity contribution in [2.75, 3.05) is 24.5 Å². The van der Waals surface area contributed by atoms with Crippen LogP contribution in [-0.4, -0.2) is 45.3 Å². The van der Waals surface area contributed by atoms with Gasteiger partial charge in [0.2, 0.25) is 11.9 Å². The molecular weight excluding hydrogens is 352 g/mol. The Labute approximate surface area is 164 Å². The van der Waals surface area contributed by atoms with Crippen molar-refractivity contribution in [1.82, 2.24) is 25.1 Å². The molecule has 4 rings (SSSR count). The van der Waals surface area contributed by atoms with Crippen molar-refractivity contribution in [2.24, 2.45) is 5.92 Å². The van der Waals surface area contributed by atoms with E-state index in [2.05, 4.69) is 25.3 Å². The summed E-state index contributed by atoms with van der Waals surface area (Å²) in [5.41, 5.74) is 2.13. The number of carbonyl (C=O) groups is 1. The van der Waals surface area contributed by atoms with Gasteiger partial charge in [0, 0.05) is 38.2 Å². The Morgan fingerprint density at radius 3 is 2.79 bits per heavy atom. The van der Waals surface area contributed by atoms with Gasteiger partial charge in [-0.25, -0.2) is 14.6 Å². The van der Waals surface area contributed by atoms with Gasteiger partial charge in [-0.15, -0.1) is 0 Å². The number of piperidine rings is 1. The molecular formula is C21H24N6O. The van der Waals surface area contributed by atoms with Crippen molar-refractivity contribution in [2.45, 2.75) is 19.3 Å². The van der Waals surface area contributed by atoms with Crippen LogP contribution in [0.25, 0.3) is 5.69 Å². The number of rotatable bonds is 6. The zero-order valence-electron chi connectivity index (χ0n) is 15.7. The first-order valence-electron chi connectivity index (χ1n) is 9.68. The van der Waals surface area contributed by atoms with E-state index >= 15 is 0 Å². The summed E-state index contributed by atoms with van der Waals surface area (Å²) >= 11 is 0. The SMILES string of the molecule is O=C(NCCc1cnn(-c2ccccc2)c1)C1CCCN(c2ncccn2)C1. The van der Waals surface area contributed by atoms with Crippen molar-refractivity contribution in [1.29, 1.82) is 0 Å². The van der Waals surface area contributed by atoms with Crippen LogP contribution in [0, 0.1) is 5.92 Å². The maximum Gasteiger partial charge on any atom is 0.225 e. The van der Waals surface area contributed by atoms with E-state index in [9.17, 15) is 4.79 Å². The molecule has 1 amide bonds. The van der Waals surface area contributed by atoms with Gasteiger partial charge in [-0.3, -0.25) is 4.79 Å². The molecule has 7 nitrogen and oxygen atoms in total. The van der Waals surface area contributed by atoms with Crippen molar-refractivity contribution in [3.63, 3.8) is 0 Å². The average Bonchev–Trinajstić information content (AvgIpc) is 3.24. The number of hydrogen-bond acceptors (Lipinski definition) is 5. The van der Waals surface area contributed by atoms with Gasteiger partial charge in [-0.1, -0.05) is 18.2 Å². The Bertz CT molecular complexity index is 896. The van der Waals surface area contributed by atoms with E-state index in [1.807, 2.05) is 47.4 Å². The van der Waals surface area contributed by atoms with E-state index in [1.165, 1.54) is 0 Å². The lowest BCUT2D eigenvalue weighted by Crippen LogP contribution is -2.44. The summed E-state index contributed by atoms with van der Waals surface area (Å²) in [7, 11) is 0. The van der Waals surface area contributed by atoms with Crippen LogP contribution in [0.3, 0.4) is 0 Å². The summed E-state index contributed by atoms with van der Waals surface area (Å²) in [6.45, 7) is 2.17. The summed E-state index contributed by atoms with van der Waals surface area (Å²) in [6.07, 6.45) is 9.98. The lowest BCUT2D eigenvalue weighted by molar-refractivity contribution is -0.125. The fourth-order valence-corrected chi connectivity index (χ4v) is 3.51. The predicted octanol–water partition coefficient (Wildman–Crippen LogP) is 2.24. The lowest BCUT2D eigenvalue weighted by atomic mass is 9.97. The second-order valence-electron chi connectivity index (χ2n) is 7.00. The van der Waals surface area contributed by atoms with Gasteiger partial charge >= 0.3 is 0 Å². The molecule has 0 spiro atoms. The normalized spacial score (nSPS) is 16.7. The molecule has 1 N–H and O–H groups in total. The highest BCUT2D eigenvalue weighted by atomic mass is 16.1. The van der Waals surface area contributed by atoms with Crippen LogP contribution in [0.2, 0.25) is 0 Å². The maximum absolute atomic E-state index is 12.6. The molecule has 1 fully saturated rings. The minimum Gasteiger partial charge on any atom is -0.355 e. The van der Waals surface area contributed by atoms with Gasteiger partial charge in [0.05, 0.1) is 17.8 Å². The quantitative estimate of drug-likeness (QED) is 0.714. The van der Waals surface area contributed by atoms with E-state index < -0.39 is 0 Å². The predicted molar refractivity (Wildman–Crippen MR) is 107 cm³/mol. The highest BCUT2D eigenvalue weighted by Gasteiger charge is 2.26. The summed E-state index contributed by atoms with van der Waals surface area (Å²) in [6, 6.07) is 11.8. The Balaban J connectivity index is 1.27. The molecule has 3 aromatic rings. The number of nitrogens with zero attached hydrogens (tertiary/aromatic N) is 5. The Hall–Kier alpha value is -3.22. The number of para-hydroxylation sites is 1. The van der Waals surface area contributed by atoms with Crippen LogP contribution < -0.4 is 10.2 Å². The molecule has 1 aromatic carbocycles. The number of carbonyl (C=O) groups excluding carboxylic acids is 1. The van der Waals surface area contributed by atoms with Crippen LogP contribution in [0.5, 0.6) is 0 Å². The van der Waals surface area contributed by atoms with E-state index in [0.717, 1.165) is 37.1 Å². The van der Waals surface area contributed by atoms with E-state index in [4.69, 9.17) is 0 Å². The van der Waals surface area contributed by atoms with Gasteiger partial charge in [0.25, 0.3) is 0 Å². The highest BCUT2D eigenvalue weighted by molar-refractivity contribution is 5.79. The second-order valence-corrected chi connectivity index (χ2v) is 7.00. The Morgan fingerprint density at radius 1 is 1.14 bits per heavy atom. The summed E-state index contributed by atoms with van der Waals surface area (Å²) in [5, 5.41) is 7.48. The number of hydrogen-bond donors (Lipinski definition) is 1. The molecule has 1 saturated heterocycles. The smallest absolute Gasteiger partial charge is 0.225 e. The van der Waals surface area contributed by atoms with Crippen LogP contribution in [-0.2, 0) is 11.2 Å². The molecule has 1 aliphatic heterocycles. The first-order valence-corrected chi connectivity index (χ1v) is 9.68. The van der Waals surface area contributed by atoms with Crippen molar-refractivity contribution < 1.29 is 4.79 Å². The molecule has 1 aliphatic rings. The summed E-state index contributed by atoms with van der Waals surface area (Å²) in [5.74, 6) is 0.786. The van der Waals surface area contributed by atoms with Gasteiger partial charge in [0.15, 0.2) is 0 Å². The molecule has 2 aromatic heterocycles. The van der Waals surface area contributed by atoms with Gasteiger partial charge in [-0.05, 0) is 43.0 Å². The molecule has 3 heterocycles. The summed E-state index contributed by atoms with van der Waals surface area (Å²) < 4.78 is 1.86. The Morgan fingerprint density at radius 2 is 1.96 bits per heavy atom. The van der Waals surface area contributed by atoms with Crippen LogP contribution in [0.4, 0.5) is 5.95 Å². The third-order valence-electron chi connectivity index (χ3n) is 5.00. The van der Waals surface area contributed by atoms with E-state index in [0.29, 0.717) is 19.0 Å². The topological polar surface area (TPSA) is 75.9 Å². The van der Waals surface area contributed by atoms with Crippen LogP contribution >= 0.6 is 0 Å². The fourth-order valence-electron chi connectivity index (χ4n) is 3.51. The maximum atomic E-state index is 12.6. The molecule has 144 valence electrons. The molecule has 0 bridgehead atoms. The number of benzene rings is 1. The molecule has 0 aliphatic carbocycles. The first kappa shape index (κ1) is 18.2. The summed E-state index contributed by atoms with van der Waals surface area (Å²) in [4.78, 5) is 23.3. The van der Waals surface area contributed by atoms with Crippen molar-refractivity contribution in [3.05, 3.63) is 66.7 Å². The van der Waals surface area contributed by atoms with E-state index in [-0.39, 0.29) is 11.8 Å². The third kappa shape index (κ3) is 4.36. The number of nitrogens with one attached hydrogen (secondary N) is 1. The molecule has 1 atom stereocenters. The van der Waals surface area contributed by atoms with Gasteiger partial charge in [-0.2, -0.15) is 5.10 Å². The second kappa shape index (κ2) is 8.65. The van der Waals surface area contributed by atoms with Crippen LogP contribution in [0.1, 0.15) is 18.4 Å². The van der Waals surface area contributed by atoms with Crippen LogP contribution in [0.15, 0.2) is 61.2 Å². The molecule has 7 heteroatoms. The molecule has 28 heavy (non-hydrogen) atoms. The Kier molecular flexibility index (Phi) is 5.61. The zero-order valence-corrected chi connectivity index (χ0v) is 15.7. The van der Waals surface area contributed by atoms with Crippen molar-refractivity contribution in [3.8, 4) is 5.69 Å². The third-order valence-corrected chi connectivity index (χ3v) is 5.00. The lowest BCUT2D eigenvalue weighted by Gasteiger charge is -2.31. The monoisotopic (exact) mass is 376 g/mol. The van der Waals surface area contributed by atoms with Gasteiger partial charge < -0.3 is 10.2 Å². The number of amides is 1. The highest BCUT2D eigenvalue weighted by Crippen LogP contribution is 2.20. The molecule has 0 radical (unpaired) electrons. The van der Waals surface area contributed by atoms with Gasteiger partial charge in [0.1, 0.15) is 0 Å². The zero-order chi connectivity index (χ0) is 19.2. The minimum atomic E-state index is -0.0235. The number of anilines is 1. The molecule has 1 unspecified atom stereocenters. The van der Waals surface area contributed by atoms with E-state index in [1.54, 1.807) is 18.5 Å². The minimum absolute atomic E-state index is 0.0235. The average molecular weight is 376 g/mol. The first-order chi connectivity index (χ1) is 13.8. The largest absolute Gasteiger partial charge is 0.355 e. The standard InChI is InChI=1S/C21H24N6O/c28-20(18-6-4-13-26(16-18)21-23-10-5-11-24-21)22-12-9-17-14-25-27(15-17)19-7-2-1-3-8-19/h1-3,5,7-8,10-11,14-15,18H,4,6,9,12-13,16H2,(H,22,28). The number of aromatic nitrogens is 4. The fraction of sp³-hybridized carbons (Fsp3) is 0.333. The van der Waals surface area contributed by atoms with Crippen molar-refractivity contribution >= 4 is 11.9 Å². The molecule has 0 saturated carbocycles.